The minimum Gasteiger partial charge on any atom is -0.251 e. The Hall–Kier alpha value is -2.41. The first-order chi connectivity index (χ1) is 16.8. The van der Waals surface area contributed by atoms with Crippen LogP contribution in [0.5, 0.6) is 0 Å². The van der Waals surface area contributed by atoms with E-state index in [0.29, 0.717) is 18.3 Å². The lowest BCUT2D eigenvalue weighted by molar-refractivity contribution is 0.396. The fraction of sp³-hybridized carbons (Fsp3) is 0.455. The maximum Gasteiger partial charge on any atom is 0.0894 e. The molecule has 0 aromatic heterocycles. The van der Waals surface area contributed by atoms with Crippen LogP contribution in [0.1, 0.15) is 98.8 Å². The van der Waals surface area contributed by atoms with Crippen molar-refractivity contribution in [1.29, 1.82) is 0 Å². The molecule has 0 aliphatic heterocycles. The summed E-state index contributed by atoms with van der Waals surface area (Å²) in [6.07, 6.45) is 12.8. The van der Waals surface area contributed by atoms with Crippen molar-refractivity contribution in [3.63, 3.8) is 0 Å². The SMILES string of the molecule is CCCCCc1ccc(-c2ccc([C@H]3CC[C@H](c4ccc(CCCCF)cc4)CC3)cc2)cc1. The van der Waals surface area contributed by atoms with Crippen LogP contribution in [0.3, 0.4) is 0 Å². The molecule has 0 nitrogen and oxygen atoms in total. The van der Waals surface area contributed by atoms with Gasteiger partial charge in [-0.05, 0) is 103 Å². The quantitative estimate of drug-likeness (QED) is 0.252. The van der Waals surface area contributed by atoms with Crippen molar-refractivity contribution >= 4 is 0 Å². The van der Waals surface area contributed by atoms with E-state index >= 15 is 0 Å². The van der Waals surface area contributed by atoms with Crippen molar-refractivity contribution in [2.24, 2.45) is 0 Å². The molecule has 0 saturated heterocycles. The maximum absolute atomic E-state index is 12.3. The average molecular weight is 457 g/mol. The van der Waals surface area contributed by atoms with Gasteiger partial charge >= 0.3 is 0 Å². The summed E-state index contributed by atoms with van der Waals surface area (Å²) in [6, 6.07) is 27.7. The highest BCUT2D eigenvalue weighted by Crippen LogP contribution is 2.41. The van der Waals surface area contributed by atoms with Crippen molar-refractivity contribution in [3.05, 3.63) is 95.1 Å². The van der Waals surface area contributed by atoms with E-state index in [1.807, 2.05) is 0 Å². The number of unbranched alkanes of at least 4 members (excludes halogenated alkanes) is 3. The zero-order chi connectivity index (χ0) is 23.6. The van der Waals surface area contributed by atoms with Crippen LogP contribution in [0.2, 0.25) is 0 Å². The van der Waals surface area contributed by atoms with Gasteiger partial charge in [-0.15, -0.1) is 0 Å². The van der Waals surface area contributed by atoms with Gasteiger partial charge in [-0.3, -0.25) is 4.39 Å². The van der Waals surface area contributed by atoms with Gasteiger partial charge in [0.15, 0.2) is 0 Å². The van der Waals surface area contributed by atoms with E-state index in [1.54, 1.807) is 0 Å². The van der Waals surface area contributed by atoms with E-state index < -0.39 is 0 Å². The van der Waals surface area contributed by atoms with E-state index in [4.69, 9.17) is 0 Å². The molecule has 0 heterocycles. The maximum atomic E-state index is 12.3. The van der Waals surface area contributed by atoms with Gasteiger partial charge in [0.1, 0.15) is 0 Å². The van der Waals surface area contributed by atoms with Crippen molar-refractivity contribution in [2.75, 3.05) is 6.67 Å². The van der Waals surface area contributed by atoms with Crippen LogP contribution >= 0.6 is 0 Å². The van der Waals surface area contributed by atoms with Crippen LogP contribution in [-0.2, 0) is 12.8 Å². The smallest absolute Gasteiger partial charge is 0.0894 e. The van der Waals surface area contributed by atoms with Crippen LogP contribution in [0.15, 0.2) is 72.8 Å². The Kier molecular flexibility index (Phi) is 9.36. The summed E-state index contributed by atoms with van der Waals surface area (Å²) in [5.41, 5.74) is 8.43. The Morgan fingerprint density at radius 3 is 1.44 bits per heavy atom. The fourth-order valence-corrected chi connectivity index (χ4v) is 5.53. The number of rotatable bonds is 11. The molecule has 0 unspecified atom stereocenters. The average Bonchev–Trinajstić information content (AvgIpc) is 2.90. The van der Waals surface area contributed by atoms with E-state index in [1.165, 1.54) is 84.7 Å². The lowest BCUT2D eigenvalue weighted by atomic mass is 9.76. The molecule has 4 rings (SSSR count). The van der Waals surface area contributed by atoms with Gasteiger partial charge in [-0.2, -0.15) is 0 Å². The molecule has 3 aromatic carbocycles. The molecule has 1 heteroatoms. The number of benzene rings is 3. The molecule has 34 heavy (non-hydrogen) atoms. The Labute approximate surface area is 206 Å². The molecule has 0 atom stereocenters. The van der Waals surface area contributed by atoms with Crippen molar-refractivity contribution in [1.82, 2.24) is 0 Å². The highest BCUT2D eigenvalue weighted by molar-refractivity contribution is 5.64. The van der Waals surface area contributed by atoms with Crippen LogP contribution in [0.25, 0.3) is 11.1 Å². The molecule has 1 aliphatic carbocycles. The van der Waals surface area contributed by atoms with E-state index in [0.717, 1.165) is 12.8 Å². The van der Waals surface area contributed by atoms with E-state index in [9.17, 15) is 4.39 Å². The van der Waals surface area contributed by atoms with Crippen molar-refractivity contribution < 1.29 is 4.39 Å². The zero-order valence-electron chi connectivity index (χ0n) is 20.9. The highest BCUT2D eigenvalue weighted by Gasteiger charge is 2.23. The van der Waals surface area contributed by atoms with Gasteiger partial charge in [0.05, 0.1) is 6.67 Å². The first-order valence-corrected chi connectivity index (χ1v) is 13.6. The molecule has 0 N–H and O–H groups in total. The predicted molar refractivity (Wildman–Crippen MR) is 144 cm³/mol. The van der Waals surface area contributed by atoms with Gasteiger partial charge in [-0.1, -0.05) is 92.6 Å². The first kappa shape index (κ1) is 24.7. The summed E-state index contributed by atoms with van der Waals surface area (Å²) in [6.45, 7) is 2.06. The second-order valence-electron chi connectivity index (χ2n) is 10.2. The lowest BCUT2D eigenvalue weighted by Gasteiger charge is -2.29. The molecular formula is C33H41F. The Balaban J connectivity index is 1.28. The van der Waals surface area contributed by atoms with Gasteiger partial charge < -0.3 is 0 Å². The van der Waals surface area contributed by atoms with Crippen LogP contribution in [0, 0.1) is 0 Å². The molecule has 0 spiro atoms. The molecule has 1 saturated carbocycles. The minimum absolute atomic E-state index is 0.198. The summed E-state index contributed by atoms with van der Waals surface area (Å²) < 4.78 is 12.3. The number of aryl methyl sites for hydroxylation is 2. The largest absolute Gasteiger partial charge is 0.251 e. The summed E-state index contributed by atoms with van der Waals surface area (Å²) in [5.74, 6) is 1.37. The van der Waals surface area contributed by atoms with E-state index in [-0.39, 0.29) is 6.67 Å². The van der Waals surface area contributed by atoms with E-state index in [2.05, 4.69) is 79.7 Å². The third kappa shape index (κ3) is 6.81. The van der Waals surface area contributed by atoms with Crippen LogP contribution < -0.4 is 0 Å². The Bertz CT molecular complexity index is 961. The molecule has 180 valence electrons. The summed E-state index contributed by atoms with van der Waals surface area (Å²) in [7, 11) is 0. The summed E-state index contributed by atoms with van der Waals surface area (Å²) in [5, 5.41) is 0. The number of hydrogen-bond donors (Lipinski definition) is 0. The predicted octanol–water partition coefficient (Wildman–Crippen LogP) is 9.82. The van der Waals surface area contributed by atoms with Crippen LogP contribution in [0.4, 0.5) is 4.39 Å². The summed E-state index contributed by atoms with van der Waals surface area (Å²) in [4.78, 5) is 0. The minimum atomic E-state index is -0.198. The molecule has 1 aliphatic rings. The van der Waals surface area contributed by atoms with Gasteiger partial charge in [0, 0.05) is 0 Å². The second kappa shape index (κ2) is 12.9. The number of halogens is 1. The molecule has 0 amide bonds. The normalized spacial score (nSPS) is 18.2. The summed E-state index contributed by atoms with van der Waals surface area (Å²) >= 11 is 0. The van der Waals surface area contributed by atoms with Crippen molar-refractivity contribution in [2.45, 2.75) is 89.4 Å². The van der Waals surface area contributed by atoms with Gasteiger partial charge in [0.2, 0.25) is 0 Å². The Morgan fingerprint density at radius 2 is 0.971 bits per heavy atom. The molecule has 1 fully saturated rings. The zero-order valence-corrected chi connectivity index (χ0v) is 20.9. The van der Waals surface area contributed by atoms with Crippen LogP contribution in [-0.4, -0.2) is 6.67 Å². The van der Waals surface area contributed by atoms with Gasteiger partial charge in [-0.25, -0.2) is 0 Å². The number of alkyl halides is 1. The monoisotopic (exact) mass is 456 g/mol. The van der Waals surface area contributed by atoms with Gasteiger partial charge in [0.25, 0.3) is 0 Å². The third-order valence-electron chi connectivity index (χ3n) is 7.77. The van der Waals surface area contributed by atoms with Crippen molar-refractivity contribution in [3.8, 4) is 11.1 Å². The third-order valence-corrected chi connectivity index (χ3v) is 7.77. The highest BCUT2D eigenvalue weighted by atomic mass is 19.1. The lowest BCUT2D eigenvalue weighted by Crippen LogP contribution is -2.12. The molecule has 3 aromatic rings. The topological polar surface area (TPSA) is 0 Å². The molecule has 0 bridgehead atoms. The first-order valence-electron chi connectivity index (χ1n) is 13.6. The standard InChI is InChI=1S/C33H41F/c1-2-3-4-7-26-9-13-28(14-10-26)30-17-21-32(22-18-30)33-23-19-31(20-24-33)29-15-11-27(12-16-29)8-5-6-25-34/h9-18,21-22,31,33H,2-8,19-20,23-25H2,1H3/t31-,33-. The second-order valence-corrected chi connectivity index (χ2v) is 10.2. The molecular weight excluding hydrogens is 415 g/mol. The fourth-order valence-electron chi connectivity index (χ4n) is 5.53. The number of hydrogen-bond acceptors (Lipinski definition) is 0. The molecule has 0 radical (unpaired) electrons. The Morgan fingerprint density at radius 1 is 0.559 bits per heavy atom.